The second kappa shape index (κ2) is 8.32. The Balaban J connectivity index is 1.56. The van der Waals surface area contributed by atoms with Gasteiger partial charge in [-0.3, -0.25) is 4.79 Å². The first-order valence-electron chi connectivity index (χ1n) is 9.73. The number of aryl methyl sites for hydroxylation is 2. The van der Waals surface area contributed by atoms with E-state index >= 15 is 0 Å². The highest BCUT2D eigenvalue weighted by molar-refractivity contribution is 7.10. The van der Waals surface area contributed by atoms with E-state index in [-0.39, 0.29) is 18.6 Å². The summed E-state index contributed by atoms with van der Waals surface area (Å²) in [6.45, 7) is 0.934. The number of primary amides is 1. The normalized spacial score (nSPS) is 20.3. The first-order valence-corrected chi connectivity index (χ1v) is 10.6. The van der Waals surface area contributed by atoms with Crippen LogP contribution in [0.3, 0.4) is 0 Å². The Morgan fingerprint density at radius 3 is 2.79 bits per heavy atom. The number of benzene rings is 1. The predicted molar refractivity (Wildman–Crippen MR) is 108 cm³/mol. The molecule has 0 bridgehead atoms. The number of thiophene rings is 1. The van der Waals surface area contributed by atoms with Gasteiger partial charge in [-0.15, -0.1) is 11.3 Å². The first-order chi connectivity index (χ1) is 13.6. The van der Waals surface area contributed by atoms with Crippen molar-refractivity contribution in [2.45, 2.75) is 37.8 Å². The average Bonchev–Trinajstić information content (AvgIpc) is 3.26. The maximum Gasteiger partial charge on any atom is 0.318 e. The standard InChI is InChI=1S/C21H25N3O3S/c22-20(25)17-13-24(9-10-27-17)21(26)23-19(18-6-3-11-28-18)16-8-7-14-4-1-2-5-15(14)12-16/h3,6-8,11-12,17,19H,1-2,4-5,9-10,13H2,(H2,22,25)(H,23,26)/t17-,19+/m0/s1. The van der Waals surface area contributed by atoms with Gasteiger partial charge in [0, 0.05) is 11.4 Å². The number of hydrogen-bond acceptors (Lipinski definition) is 4. The molecular weight excluding hydrogens is 374 g/mol. The summed E-state index contributed by atoms with van der Waals surface area (Å²) in [6, 6.07) is 10.2. The number of carbonyl (C=O) groups excluding carboxylic acids is 2. The number of morpholine rings is 1. The summed E-state index contributed by atoms with van der Waals surface area (Å²) in [7, 11) is 0. The highest BCUT2D eigenvalue weighted by Gasteiger charge is 2.29. The van der Waals surface area contributed by atoms with Crippen LogP contribution >= 0.6 is 11.3 Å². The number of ether oxygens (including phenoxy) is 1. The molecule has 3 amide bonds. The van der Waals surface area contributed by atoms with Gasteiger partial charge >= 0.3 is 6.03 Å². The second-order valence-electron chi connectivity index (χ2n) is 7.34. The third-order valence-corrected chi connectivity index (χ3v) is 6.41. The topological polar surface area (TPSA) is 84.7 Å². The van der Waals surface area contributed by atoms with E-state index in [4.69, 9.17) is 10.5 Å². The number of nitrogens with two attached hydrogens (primary N) is 1. The van der Waals surface area contributed by atoms with Crippen molar-refractivity contribution in [2.24, 2.45) is 5.73 Å². The molecule has 1 aliphatic heterocycles. The van der Waals surface area contributed by atoms with Crippen LogP contribution in [0, 0.1) is 0 Å². The minimum absolute atomic E-state index is 0.183. The zero-order chi connectivity index (χ0) is 19.5. The first kappa shape index (κ1) is 19.0. The van der Waals surface area contributed by atoms with Gasteiger partial charge in [0.15, 0.2) is 6.10 Å². The molecule has 1 aromatic carbocycles. The number of hydrogen-bond donors (Lipinski definition) is 2. The monoisotopic (exact) mass is 399 g/mol. The molecule has 3 N–H and O–H groups in total. The molecule has 0 unspecified atom stereocenters. The number of nitrogens with one attached hydrogen (secondary N) is 1. The Bertz CT molecular complexity index is 853. The molecule has 2 aliphatic rings. The van der Waals surface area contributed by atoms with E-state index in [2.05, 4.69) is 23.5 Å². The maximum absolute atomic E-state index is 12.9. The average molecular weight is 400 g/mol. The van der Waals surface area contributed by atoms with Crippen LogP contribution in [0.1, 0.15) is 40.5 Å². The third kappa shape index (κ3) is 4.05. The lowest BCUT2D eigenvalue weighted by molar-refractivity contribution is -0.133. The van der Waals surface area contributed by atoms with Crippen LogP contribution < -0.4 is 11.1 Å². The zero-order valence-corrected chi connectivity index (χ0v) is 16.5. The van der Waals surface area contributed by atoms with Gasteiger partial charge in [0.1, 0.15) is 0 Å². The van der Waals surface area contributed by atoms with Gasteiger partial charge in [-0.2, -0.15) is 0 Å². The van der Waals surface area contributed by atoms with Crippen LogP contribution in [-0.2, 0) is 22.4 Å². The van der Waals surface area contributed by atoms with Crippen LogP contribution in [0.25, 0.3) is 0 Å². The second-order valence-corrected chi connectivity index (χ2v) is 8.32. The highest BCUT2D eigenvalue weighted by atomic mass is 32.1. The Hall–Kier alpha value is -2.38. The quantitative estimate of drug-likeness (QED) is 0.829. The number of amides is 3. The summed E-state index contributed by atoms with van der Waals surface area (Å²) in [5, 5.41) is 5.18. The molecule has 1 aromatic heterocycles. The van der Waals surface area contributed by atoms with E-state index in [0.29, 0.717) is 13.2 Å². The van der Waals surface area contributed by atoms with Crippen molar-refractivity contribution in [3.05, 3.63) is 57.3 Å². The largest absolute Gasteiger partial charge is 0.367 e. The maximum atomic E-state index is 12.9. The number of rotatable bonds is 4. The Morgan fingerprint density at radius 2 is 2.04 bits per heavy atom. The Morgan fingerprint density at radius 1 is 1.21 bits per heavy atom. The Labute approximate surface area is 168 Å². The van der Waals surface area contributed by atoms with Crippen molar-refractivity contribution in [1.82, 2.24) is 10.2 Å². The summed E-state index contributed by atoms with van der Waals surface area (Å²) < 4.78 is 5.35. The summed E-state index contributed by atoms with van der Waals surface area (Å²) in [5.41, 5.74) is 9.25. The van der Waals surface area contributed by atoms with Crippen LogP contribution in [0.5, 0.6) is 0 Å². The van der Waals surface area contributed by atoms with Crippen LogP contribution in [-0.4, -0.2) is 42.6 Å². The van der Waals surface area contributed by atoms with Crippen molar-refractivity contribution in [1.29, 1.82) is 0 Å². The molecule has 7 heteroatoms. The van der Waals surface area contributed by atoms with Crippen molar-refractivity contribution in [3.8, 4) is 0 Å². The SMILES string of the molecule is NC(=O)[C@@H]1CN(C(=O)N[C@H](c2ccc3c(c2)CCCC3)c2cccs2)CCO1. The number of urea groups is 1. The summed E-state index contributed by atoms with van der Waals surface area (Å²) in [5.74, 6) is -0.540. The molecule has 28 heavy (non-hydrogen) atoms. The molecule has 4 rings (SSSR count). The minimum Gasteiger partial charge on any atom is -0.367 e. The lowest BCUT2D eigenvalue weighted by atomic mass is 9.89. The molecule has 2 atom stereocenters. The summed E-state index contributed by atoms with van der Waals surface area (Å²) in [4.78, 5) is 27.1. The molecule has 2 heterocycles. The molecule has 6 nitrogen and oxygen atoms in total. The van der Waals surface area contributed by atoms with Gasteiger partial charge in [0.25, 0.3) is 0 Å². The lowest BCUT2D eigenvalue weighted by Crippen LogP contribution is -2.53. The molecule has 1 saturated heterocycles. The van der Waals surface area contributed by atoms with E-state index in [1.54, 1.807) is 16.2 Å². The molecular formula is C21H25N3O3S. The van der Waals surface area contributed by atoms with E-state index in [9.17, 15) is 9.59 Å². The van der Waals surface area contributed by atoms with E-state index in [0.717, 1.165) is 23.3 Å². The Kier molecular flexibility index (Phi) is 5.64. The van der Waals surface area contributed by atoms with Crippen molar-refractivity contribution >= 4 is 23.3 Å². The smallest absolute Gasteiger partial charge is 0.318 e. The molecule has 0 saturated carbocycles. The van der Waals surface area contributed by atoms with E-state index in [1.807, 2.05) is 17.5 Å². The fourth-order valence-electron chi connectivity index (χ4n) is 3.93. The van der Waals surface area contributed by atoms with Crippen LogP contribution in [0.2, 0.25) is 0 Å². The molecule has 2 aromatic rings. The molecule has 1 aliphatic carbocycles. The molecule has 148 valence electrons. The predicted octanol–water partition coefficient (Wildman–Crippen LogP) is 2.61. The van der Waals surface area contributed by atoms with Gasteiger partial charge in [-0.05, 0) is 53.8 Å². The van der Waals surface area contributed by atoms with Crippen molar-refractivity contribution in [2.75, 3.05) is 19.7 Å². The summed E-state index contributed by atoms with van der Waals surface area (Å²) >= 11 is 1.63. The fraction of sp³-hybridized carbons (Fsp3) is 0.429. The van der Waals surface area contributed by atoms with E-state index in [1.165, 1.54) is 24.0 Å². The number of nitrogens with zero attached hydrogens (tertiary/aromatic N) is 1. The van der Waals surface area contributed by atoms with Gasteiger partial charge < -0.3 is 20.7 Å². The van der Waals surface area contributed by atoms with Gasteiger partial charge in [-0.25, -0.2) is 4.79 Å². The van der Waals surface area contributed by atoms with Gasteiger partial charge in [0.2, 0.25) is 5.91 Å². The number of fused-ring (bicyclic) bond motifs is 1. The van der Waals surface area contributed by atoms with Crippen molar-refractivity contribution < 1.29 is 14.3 Å². The fourth-order valence-corrected chi connectivity index (χ4v) is 4.73. The van der Waals surface area contributed by atoms with Crippen LogP contribution in [0.4, 0.5) is 4.79 Å². The summed E-state index contributed by atoms with van der Waals surface area (Å²) in [6.07, 6.45) is 3.94. The van der Waals surface area contributed by atoms with E-state index < -0.39 is 12.0 Å². The van der Waals surface area contributed by atoms with Crippen LogP contribution in [0.15, 0.2) is 35.7 Å². The minimum atomic E-state index is -0.747. The zero-order valence-electron chi connectivity index (χ0n) is 15.7. The highest BCUT2D eigenvalue weighted by Crippen LogP contribution is 2.30. The molecule has 1 fully saturated rings. The lowest BCUT2D eigenvalue weighted by Gasteiger charge is -2.33. The third-order valence-electron chi connectivity index (χ3n) is 5.47. The van der Waals surface area contributed by atoms with Gasteiger partial charge in [0.05, 0.1) is 19.2 Å². The van der Waals surface area contributed by atoms with Crippen molar-refractivity contribution in [3.63, 3.8) is 0 Å². The number of carbonyl (C=O) groups is 2. The van der Waals surface area contributed by atoms with Gasteiger partial charge in [-0.1, -0.05) is 24.3 Å². The molecule has 0 radical (unpaired) electrons. The molecule has 0 spiro atoms.